The molecule has 0 saturated heterocycles. The Labute approximate surface area is 99.6 Å². The number of rotatable bonds is 8. The normalized spacial score (nSPS) is 17.1. The van der Waals surface area contributed by atoms with Gasteiger partial charge in [-0.15, -0.1) is 0 Å². The molecule has 2 unspecified atom stereocenters. The third-order valence-corrected chi connectivity index (χ3v) is 3.52. The van der Waals surface area contributed by atoms with Gasteiger partial charge in [-0.1, -0.05) is 13.3 Å². The third-order valence-electron chi connectivity index (χ3n) is 3.52. The molecule has 0 aromatic rings. The van der Waals surface area contributed by atoms with Crippen LogP contribution in [0.4, 0.5) is 0 Å². The predicted octanol–water partition coefficient (Wildman–Crippen LogP) is 0.960. The average Bonchev–Trinajstić information content (AvgIpc) is 2.25. The minimum atomic E-state index is -0.597. The highest BCUT2D eigenvalue weighted by molar-refractivity contribution is 5.84. The van der Waals surface area contributed by atoms with Gasteiger partial charge < -0.3 is 16.0 Å². The summed E-state index contributed by atoms with van der Waals surface area (Å²) in [6.45, 7) is 7.13. The third kappa shape index (κ3) is 4.49. The zero-order chi connectivity index (χ0) is 12.8. The molecular formula is C12H27N3O. The van der Waals surface area contributed by atoms with Crippen LogP contribution in [0.15, 0.2) is 0 Å². The van der Waals surface area contributed by atoms with Gasteiger partial charge in [0.1, 0.15) is 0 Å². The topological polar surface area (TPSA) is 58.4 Å². The monoisotopic (exact) mass is 229 g/mol. The summed E-state index contributed by atoms with van der Waals surface area (Å²) >= 11 is 0. The number of primary amides is 1. The number of hydrogen-bond acceptors (Lipinski definition) is 3. The van der Waals surface area contributed by atoms with Crippen LogP contribution in [0.5, 0.6) is 0 Å². The first-order valence-corrected chi connectivity index (χ1v) is 6.06. The average molecular weight is 229 g/mol. The molecule has 0 aliphatic carbocycles. The number of carbonyl (C=O) groups is 1. The number of nitrogens with zero attached hydrogens (tertiary/aromatic N) is 1. The fraction of sp³-hybridized carbons (Fsp3) is 0.917. The molecule has 0 bridgehead atoms. The van der Waals surface area contributed by atoms with Crippen LogP contribution in [0.2, 0.25) is 0 Å². The van der Waals surface area contributed by atoms with Gasteiger partial charge >= 0.3 is 0 Å². The molecule has 1 amide bonds. The van der Waals surface area contributed by atoms with E-state index in [1.165, 1.54) is 12.8 Å². The van der Waals surface area contributed by atoms with E-state index < -0.39 is 5.54 Å². The second-order valence-electron chi connectivity index (χ2n) is 4.81. The highest BCUT2D eigenvalue weighted by Crippen LogP contribution is 2.11. The Morgan fingerprint density at radius 2 is 2.12 bits per heavy atom. The number of likely N-dealkylation sites (N-methyl/N-ethyl adjacent to an activating group) is 1. The van der Waals surface area contributed by atoms with Crippen molar-refractivity contribution in [2.75, 3.05) is 20.6 Å². The van der Waals surface area contributed by atoms with Crippen LogP contribution in [-0.4, -0.2) is 43.0 Å². The van der Waals surface area contributed by atoms with Crippen molar-refractivity contribution >= 4 is 5.91 Å². The van der Waals surface area contributed by atoms with E-state index in [1.54, 1.807) is 7.05 Å². The van der Waals surface area contributed by atoms with E-state index in [0.717, 1.165) is 13.0 Å². The van der Waals surface area contributed by atoms with Gasteiger partial charge in [0.25, 0.3) is 0 Å². The summed E-state index contributed by atoms with van der Waals surface area (Å²) in [6.07, 6.45) is 3.11. The molecule has 3 N–H and O–H groups in total. The van der Waals surface area contributed by atoms with E-state index in [0.29, 0.717) is 6.04 Å². The van der Waals surface area contributed by atoms with Gasteiger partial charge in [-0.05, 0) is 40.8 Å². The fourth-order valence-electron chi connectivity index (χ4n) is 1.63. The SMILES string of the molecule is CCCC(C)N(C)CCC(C)(NC)C(N)=O. The van der Waals surface area contributed by atoms with Gasteiger partial charge in [0.2, 0.25) is 5.91 Å². The number of nitrogens with one attached hydrogen (secondary N) is 1. The van der Waals surface area contributed by atoms with E-state index in [1.807, 2.05) is 6.92 Å². The summed E-state index contributed by atoms with van der Waals surface area (Å²) < 4.78 is 0. The standard InChI is InChI=1S/C12H27N3O/c1-6-7-10(2)15(5)9-8-12(3,14-4)11(13)16/h10,14H,6-9H2,1-5H3,(H2,13,16). The van der Waals surface area contributed by atoms with Gasteiger partial charge in [0, 0.05) is 12.6 Å². The largest absolute Gasteiger partial charge is 0.368 e. The summed E-state index contributed by atoms with van der Waals surface area (Å²) in [5.74, 6) is -0.286. The quantitative estimate of drug-likeness (QED) is 0.652. The molecule has 2 atom stereocenters. The van der Waals surface area contributed by atoms with Gasteiger partial charge in [0.15, 0.2) is 0 Å². The molecule has 0 rings (SSSR count). The molecule has 0 saturated carbocycles. The first-order valence-electron chi connectivity index (χ1n) is 6.06. The highest BCUT2D eigenvalue weighted by atomic mass is 16.1. The Balaban J connectivity index is 4.16. The van der Waals surface area contributed by atoms with E-state index in [2.05, 4.69) is 31.1 Å². The number of nitrogens with two attached hydrogens (primary N) is 1. The second-order valence-corrected chi connectivity index (χ2v) is 4.81. The van der Waals surface area contributed by atoms with Crippen LogP contribution < -0.4 is 11.1 Å². The molecule has 4 nitrogen and oxygen atoms in total. The van der Waals surface area contributed by atoms with Crippen molar-refractivity contribution in [3.05, 3.63) is 0 Å². The molecule has 16 heavy (non-hydrogen) atoms. The van der Waals surface area contributed by atoms with Crippen LogP contribution in [0.1, 0.15) is 40.0 Å². The lowest BCUT2D eigenvalue weighted by Crippen LogP contribution is -2.53. The minimum absolute atomic E-state index is 0.286. The van der Waals surface area contributed by atoms with Crippen molar-refractivity contribution in [1.82, 2.24) is 10.2 Å². The molecule has 0 spiro atoms. The van der Waals surface area contributed by atoms with Crippen molar-refractivity contribution in [3.63, 3.8) is 0 Å². The zero-order valence-corrected chi connectivity index (χ0v) is 11.3. The molecule has 0 aliphatic heterocycles. The maximum Gasteiger partial charge on any atom is 0.237 e. The molecule has 0 aromatic carbocycles. The molecule has 4 heteroatoms. The lowest BCUT2D eigenvalue weighted by molar-refractivity contribution is -0.124. The molecule has 0 heterocycles. The highest BCUT2D eigenvalue weighted by Gasteiger charge is 2.29. The first-order chi connectivity index (χ1) is 7.37. The molecule has 0 radical (unpaired) electrons. The molecule has 0 aromatic heterocycles. The maximum atomic E-state index is 11.3. The minimum Gasteiger partial charge on any atom is -0.368 e. The Kier molecular flexibility index (Phi) is 6.60. The number of carbonyl (C=O) groups excluding carboxylic acids is 1. The first kappa shape index (κ1) is 15.4. The number of amides is 1. The van der Waals surface area contributed by atoms with Crippen LogP contribution in [-0.2, 0) is 4.79 Å². The summed E-state index contributed by atoms with van der Waals surface area (Å²) in [4.78, 5) is 13.6. The smallest absolute Gasteiger partial charge is 0.237 e. The maximum absolute atomic E-state index is 11.3. The Bertz CT molecular complexity index is 220. The van der Waals surface area contributed by atoms with Crippen LogP contribution >= 0.6 is 0 Å². The molecule has 0 fully saturated rings. The second kappa shape index (κ2) is 6.86. The zero-order valence-electron chi connectivity index (χ0n) is 11.3. The van der Waals surface area contributed by atoms with Crippen LogP contribution in [0.25, 0.3) is 0 Å². The molecule has 96 valence electrons. The van der Waals surface area contributed by atoms with Gasteiger partial charge in [-0.3, -0.25) is 4.79 Å². The summed E-state index contributed by atoms with van der Waals surface area (Å²) in [5, 5.41) is 3.00. The Hall–Kier alpha value is -0.610. The van der Waals surface area contributed by atoms with Gasteiger partial charge in [0.05, 0.1) is 5.54 Å². The van der Waals surface area contributed by atoms with Gasteiger partial charge in [-0.25, -0.2) is 0 Å². The fourth-order valence-corrected chi connectivity index (χ4v) is 1.63. The van der Waals surface area contributed by atoms with Crippen molar-refractivity contribution < 1.29 is 4.79 Å². The number of hydrogen-bond donors (Lipinski definition) is 2. The van der Waals surface area contributed by atoms with Crippen LogP contribution in [0.3, 0.4) is 0 Å². The van der Waals surface area contributed by atoms with E-state index >= 15 is 0 Å². The van der Waals surface area contributed by atoms with E-state index in [9.17, 15) is 4.79 Å². The van der Waals surface area contributed by atoms with Crippen molar-refractivity contribution in [2.24, 2.45) is 5.73 Å². The molecular weight excluding hydrogens is 202 g/mol. The molecule has 0 aliphatic rings. The van der Waals surface area contributed by atoms with Crippen LogP contribution in [0, 0.1) is 0 Å². The Morgan fingerprint density at radius 3 is 2.50 bits per heavy atom. The lowest BCUT2D eigenvalue weighted by atomic mass is 9.96. The van der Waals surface area contributed by atoms with Crippen molar-refractivity contribution in [2.45, 2.75) is 51.6 Å². The van der Waals surface area contributed by atoms with E-state index in [4.69, 9.17) is 5.73 Å². The van der Waals surface area contributed by atoms with E-state index in [-0.39, 0.29) is 5.91 Å². The van der Waals surface area contributed by atoms with Crippen molar-refractivity contribution in [1.29, 1.82) is 0 Å². The summed E-state index contributed by atoms with van der Waals surface area (Å²) in [6, 6.07) is 0.555. The summed E-state index contributed by atoms with van der Waals surface area (Å²) in [5.41, 5.74) is 4.79. The lowest BCUT2D eigenvalue weighted by Gasteiger charge is -2.30. The predicted molar refractivity (Wildman–Crippen MR) is 68.3 cm³/mol. The van der Waals surface area contributed by atoms with Crippen molar-refractivity contribution in [3.8, 4) is 0 Å². The Morgan fingerprint density at radius 1 is 1.56 bits per heavy atom. The van der Waals surface area contributed by atoms with Gasteiger partial charge in [-0.2, -0.15) is 0 Å². The summed E-state index contributed by atoms with van der Waals surface area (Å²) in [7, 11) is 3.87.